The molecule has 2 atom stereocenters. The molecule has 1 N–H and O–H groups in total. The van der Waals surface area contributed by atoms with Crippen molar-refractivity contribution < 1.29 is 4.42 Å². The molecular weight excluding hydrogens is 312 g/mol. The van der Waals surface area contributed by atoms with E-state index in [9.17, 15) is 0 Å². The SMILES string of the molecule is C[C@H](N[C@@H](c1nccs1)C1CC1)c1ccc(Br)o1. The lowest BCUT2D eigenvalue weighted by molar-refractivity contribution is 0.365. The number of nitrogens with one attached hydrogen (secondary N) is 1. The van der Waals surface area contributed by atoms with E-state index in [4.69, 9.17) is 4.42 Å². The molecule has 2 aromatic heterocycles. The van der Waals surface area contributed by atoms with E-state index in [1.807, 2.05) is 23.7 Å². The zero-order valence-corrected chi connectivity index (χ0v) is 12.5. The van der Waals surface area contributed by atoms with E-state index in [-0.39, 0.29) is 6.04 Å². The van der Waals surface area contributed by atoms with Crippen molar-refractivity contribution in [3.8, 4) is 0 Å². The third-order valence-electron chi connectivity index (χ3n) is 3.26. The molecule has 18 heavy (non-hydrogen) atoms. The first-order chi connectivity index (χ1) is 8.74. The first-order valence-electron chi connectivity index (χ1n) is 6.14. The van der Waals surface area contributed by atoms with Crippen LogP contribution in [0.1, 0.15) is 42.6 Å². The zero-order valence-electron chi connectivity index (χ0n) is 10.1. The summed E-state index contributed by atoms with van der Waals surface area (Å²) in [5.41, 5.74) is 0. The molecule has 0 aliphatic heterocycles. The van der Waals surface area contributed by atoms with Gasteiger partial charge < -0.3 is 4.42 Å². The number of hydrogen-bond donors (Lipinski definition) is 1. The van der Waals surface area contributed by atoms with Crippen LogP contribution in [0.5, 0.6) is 0 Å². The second-order valence-electron chi connectivity index (χ2n) is 4.72. The number of nitrogens with zero attached hydrogens (tertiary/aromatic N) is 1. The van der Waals surface area contributed by atoms with Crippen LogP contribution in [0.4, 0.5) is 0 Å². The fourth-order valence-corrected chi connectivity index (χ4v) is 3.25. The summed E-state index contributed by atoms with van der Waals surface area (Å²) in [5, 5.41) is 6.88. The minimum absolute atomic E-state index is 0.200. The van der Waals surface area contributed by atoms with Gasteiger partial charge >= 0.3 is 0 Å². The lowest BCUT2D eigenvalue weighted by Gasteiger charge is -2.20. The van der Waals surface area contributed by atoms with Gasteiger partial charge in [-0.25, -0.2) is 4.98 Å². The summed E-state index contributed by atoms with van der Waals surface area (Å²) in [6.45, 7) is 2.13. The zero-order chi connectivity index (χ0) is 12.5. The molecule has 0 bridgehead atoms. The summed E-state index contributed by atoms with van der Waals surface area (Å²) < 4.78 is 6.38. The summed E-state index contributed by atoms with van der Waals surface area (Å²) in [6.07, 6.45) is 4.48. The predicted octanol–water partition coefficient (Wildman–Crippen LogP) is 4.30. The lowest BCUT2D eigenvalue weighted by atomic mass is 10.1. The Balaban J connectivity index is 1.73. The van der Waals surface area contributed by atoms with Gasteiger partial charge in [0.15, 0.2) is 4.67 Å². The Hall–Kier alpha value is -0.650. The van der Waals surface area contributed by atoms with Crippen LogP contribution in [-0.4, -0.2) is 4.98 Å². The molecular formula is C13H15BrN2OS. The largest absolute Gasteiger partial charge is 0.453 e. The number of aromatic nitrogens is 1. The monoisotopic (exact) mass is 326 g/mol. The van der Waals surface area contributed by atoms with Crippen LogP contribution in [0.2, 0.25) is 0 Å². The first kappa shape index (κ1) is 12.4. The Kier molecular flexibility index (Phi) is 3.54. The van der Waals surface area contributed by atoms with Crippen LogP contribution in [0.3, 0.4) is 0 Å². The fraction of sp³-hybridized carbons (Fsp3) is 0.462. The Labute approximate surface area is 119 Å². The standard InChI is InChI=1S/C13H15BrN2OS/c1-8(10-4-5-11(14)17-10)16-12(9-2-3-9)13-15-6-7-18-13/h4-9,12,16H,2-3H2,1H3/t8-,12+/m0/s1. The van der Waals surface area contributed by atoms with Crippen LogP contribution < -0.4 is 5.32 Å². The summed E-state index contributed by atoms with van der Waals surface area (Å²) >= 11 is 5.07. The van der Waals surface area contributed by atoms with Gasteiger partial charge in [0, 0.05) is 11.6 Å². The quantitative estimate of drug-likeness (QED) is 0.890. The van der Waals surface area contributed by atoms with Gasteiger partial charge in [-0.3, -0.25) is 5.32 Å². The number of thiazole rings is 1. The van der Waals surface area contributed by atoms with Gasteiger partial charge in [-0.1, -0.05) is 0 Å². The second kappa shape index (κ2) is 5.15. The highest BCUT2D eigenvalue weighted by Crippen LogP contribution is 2.42. The fourth-order valence-electron chi connectivity index (χ4n) is 2.14. The third kappa shape index (κ3) is 2.68. The minimum atomic E-state index is 0.200. The Morgan fingerprint density at radius 1 is 1.50 bits per heavy atom. The van der Waals surface area contributed by atoms with Crippen molar-refractivity contribution in [2.45, 2.75) is 31.8 Å². The van der Waals surface area contributed by atoms with Crippen molar-refractivity contribution in [3.05, 3.63) is 39.1 Å². The molecule has 0 amide bonds. The van der Waals surface area contributed by atoms with Gasteiger partial charge in [0.05, 0.1) is 12.1 Å². The second-order valence-corrected chi connectivity index (χ2v) is 6.42. The van der Waals surface area contributed by atoms with E-state index in [0.717, 1.165) is 16.3 Å². The van der Waals surface area contributed by atoms with Crippen molar-refractivity contribution in [3.63, 3.8) is 0 Å². The number of furan rings is 1. The molecule has 0 unspecified atom stereocenters. The molecule has 0 aromatic carbocycles. The molecule has 2 heterocycles. The number of halogens is 1. The number of rotatable bonds is 5. The molecule has 5 heteroatoms. The summed E-state index contributed by atoms with van der Waals surface area (Å²) in [7, 11) is 0. The van der Waals surface area contributed by atoms with Crippen molar-refractivity contribution in [2.24, 2.45) is 5.92 Å². The van der Waals surface area contributed by atoms with Crippen LogP contribution >= 0.6 is 27.3 Å². The maximum atomic E-state index is 5.60. The molecule has 1 aliphatic carbocycles. The van der Waals surface area contributed by atoms with Crippen LogP contribution in [0.25, 0.3) is 0 Å². The van der Waals surface area contributed by atoms with E-state index in [1.54, 1.807) is 11.3 Å². The van der Waals surface area contributed by atoms with Crippen molar-refractivity contribution >= 4 is 27.3 Å². The van der Waals surface area contributed by atoms with Crippen LogP contribution in [-0.2, 0) is 0 Å². The van der Waals surface area contributed by atoms with Gasteiger partial charge in [0.25, 0.3) is 0 Å². The van der Waals surface area contributed by atoms with E-state index < -0.39 is 0 Å². The maximum Gasteiger partial charge on any atom is 0.169 e. The van der Waals surface area contributed by atoms with E-state index in [2.05, 4.69) is 33.2 Å². The van der Waals surface area contributed by atoms with Crippen molar-refractivity contribution in [1.82, 2.24) is 10.3 Å². The summed E-state index contributed by atoms with van der Waals surface area (Å²) in [6, 6.07) is 4.51. The molecule has 3 rings (SSSR count). The van der Waals surface area contributed by atoms with Gasteiger partial charge in [0.1, 0.15) is 10.8 Å². The van der Waals surface area contributed by atoms with E-state index >= 15 is 0 Å². The summed E-state index contributed by atoms with van der Waals surface area (Å²) in [5.74, 6) is 1.70. The molecule has 96 valence electrons. The Morgan fingerprint density at radius 3 is 2.89 bits per heavy atom. The molecule has 1 aliphatic rings. The molecule has 0 radical (unpaired) electrons. The molecule has 0 spiro atoms. The third-order valence-corrected chi connectivity index (χ3v) is 4.55. The van der Waals surface area contributed by atoms with Crippen molar-refractivity contribution in [2.75, 3.05) is 0 Å². The maximum absolute atomic E-state index is 5.60. The summed E-state index contributed by atoms with van der Waals surface area (Å²) in [4.78, 5) is 4.45. The van der Waals surface area contributed by atoms with Crippen LogP contribution in [0.15, 0.2) is 32.8 Å². The van der Waals surface area contributed by atoms with Gasteiger partial charge in [-0.05, 0) is 53.7 Å². The molecule has 0 saturated heterocycles. The van der Waals surface area contributed by atoms with E-state index in [1.165, 1.54) is 17.8 Å². The average molecular weight is 327 g/mol. The van der Waals surface area contributed by atoms with Gasteiger partial charge in [-0.2, -0.15) is 0 Å². The highest BCUT2D eigenvalue weighted by Gasteiger charge is 2.35. The highest BCUT2D eigenvalue weighted by atomic mass is 79.9. The number of hydrogen-bond acceptors (Lipinski definition) is 4. The normalized spacial score (nSPS) is 18.8. The smallest absolute Gasteiger partial charge is 0.169 e. The van der Waals surface area contributed by atoms with Crippen molar-refractivity contribution in [1.29, 1.82) is 0 Å². The Morgan fingerprint density at radius 2 is 2.33 bits per heavy atom. The van der Waals surface area contributed by atoms with Gasteiger partial charge in [-0.15, -0.1) is 11.3 Å². The predicted molar refractivity (Wildman–Crippen MR) is 75.5 cm³/mol. The van der Waals surface area contributed by atoms with Crippen LogP contribution in [0, 0.1) is 5.92 Å². The molecule has 1 fully saturated rings. The minimum Gasteiger partial charge on any atom is -0.453 e. The highest BCUT2D eigenvalue weighted by molar-refractivity contribution is 9.10. The average Bonchev–Trinajstić information content (AvgIpc) is 2.88. The topological polar surface area (TPSA) is 38.1 Å². The van der Waals surface area contributed by atoms with Gasteiger partial charge in [0.2, 0.25) is 0 Å². The Bertz CT molecular complexity index is 507. The first-order valence-corrected chi connectivity index (χ1v) is 7.82. The van der Waals surface area contributed by atoms with E-state index in [0.29, 0.717) is 6.04 Å². The molecule has 1 saturated carbocycles. The lowest BCUT2D eigenvalue weighted by Crippen LogP contribution is -2.25. The molecule has 2 aromatic rings. The molecule has 3 nitrogen and oxygen atoms in total.